The number of likely N-dealkylation sites (tertiary alicyclic amines) is 1. The topological polar surface area (TPSA) is 130 Å². The lowest BCUT2D eigenvalue weighted by Crippen LogP contribution is -2.48. The Morgan fingerprint density at radius 1 is 1.06 bits per heavy atom. The molecule has 3 aliphatic heterocycles. The molecule has 36 heavy (non-hydrogen) atoms. The van der Waals surface area contributed by atoms with Gasteiger partial charge in [0.25, 0.3) is 11.5 Å². The highest BCUT2D eigenvalue weighted by Gasteiger charge is 2.43. The highest BCUT2D eigenvalue weighted by Crippen LogP contribution is 2.32. The van der Waals surface area contributed by atoms with Gasteiger partial charge in [0.1, 0.15) is 11.9 Å². The van der Waals surface area contributed by atoms with Crippen LogP contribution >= 0.6 is 0 Å². The van der Waals surface area contributed by atoms with Crippen molar-refractivity contribution < 1.29 is 19.1 Å². The van der Waals surface area contributed by atoms with Crippen molar-refractivity contribution in [3.05, 3.63) is 58.4 Å². The van der Waals surface area contributed by atoms with Crippen molar-refractivity contribution in [2.24, 2.45) is 5.92 Å². The lowest BCUT2D eigenvalue weighted by Gasteiger charge is -2.33. The Morgan fingerprint density at radius 3 is 2.78 bits per heavy atom. The summed E-state index contributed by atoms with van der Waals surface area (Å²) in [6, 6.07) is 14.1. The van der Waals surface area contributed by atoms with Gasteiger partial charge in [-0.05, 0) is 35.7 Å². The summed E-state index contributed by atoms with van der Waals surface area (Å²) in [6.07, 6.45) is -0.730. The van der Waals surface area contributed by atoms with Crippen LogP contribution in [0.5, 0.6) is 5.75 Å². The van der Waals surface area contributed by atoms with Crippen LogP contribution in [0.3, 0.4) is 0 Å². The minimum Gasteiger partial charge on any atom is -0.480 e. The summed E-state index contributed by atoms with van der Waals surface area (Å²) in [4.78, 5) is 45.0. The number of ether oxygens (including phenoxy) is 2. The van der Waals surface area contributed by atoms with E-state index in [2.05, 4.69) is 21.3 Å². The zero-order valence-corrected chi connectivity index (χ0v) is 19.2. The number of aromatic nitrogens is 2. The van der Waals surface area contributed by atoms with Crippen LogP contribution in [0, 0.1) is 17.2 Å². The normalized spacial score (nSPS) is 21.2. The molecule has 0 radical (unpaired) electrons. The highest BCUT2D eigenvalue weighted by atomic mass is 16.6. The first-order chi connectivity index (χ1) is 17.5. The predicted molar refractivity (Wildman–Crippen MR) is 129 cm³/mol. The maximum absolute atomic E-state index is 12.8. The predicted octanol–water partition coefficient (Wildman–Crippen LogP) is 1.56. The van der Waals surface area contributed by atoms with Crippen LogP contribution in [0.4, 0.5) is 16.4 Å². The summed E-state index contributed by atoms with van der Waals surface area (Å²) >= 11 is 0. The van der Waals surface area contributed by atoms with Gasteiger partial charge in [0.15, 0.2) is 18.2 Å². The summed E-state index contributed by atoms with van der Waals surface area (Å²) in [6.45, 7) is 2.69. The SMILES string of the molecule is N#Cc1ccc2ccc(=O)n(CCN3C[C@H]4CN(c5ccc6c(n5)NC(=O)CO6)C(=O)O[C@@H]4C3)c2c1. The Kier molecular flexibility index (Phi) is 5.30. The van der Waals surface area contributed by atoms with E-state index in [9.17, 15) is 19.6 Å². The molecule has 2 fully saturated rings. The van der Waals surface area contributed by atoms with Gasteiger partial charge < -0.3 is 19.4 Å². The van der Waals surface area contributed by atoms with E-state index in [1.807, 2.05) is 6.07 Å². The van der Waals surface area contributed by atoms with E-state index >= 15 is 0 Å². The van der Waals surface area contributed by atoms with Crippen LogP contribution in [0.1, 0.15) is 5.56 Å². The second-order valence-corrected chi connectivity index (χ2v) is 9.11. The first-order valence-corrected chi connectivity index (χ1v) is 11.7. The lowest BCUT2D eigenvalue weighted by atomic mass is 10.0. The lowest BCUT2D eigenvalue weighted by molar-refractivity contribution is -0.118. The second-order valence-electron chi connectivity index (χ2n) is 9.11. The van der Waals surface area contributed by atoms with Crippen molar-refractivity contribution in [3.8, 4) is 11.8 Å². The standard InChI is InChI=1S/C25H22N6O5/c26-10-15-1-2-16-3-6-23(33)30(18(16)9-15)8-7-29-11-17-12-31(25(34)36-20(17)13-29)21-5-4-19-24(27-21)28-22(32)14-35-19/h1-6,9,17,20H,7-8,11-14H2,(H,27,28,32)/t17-,20+/m0/s1. The van der Waals surface area contributed by atoms with E-state index in [0.29, 0.717) is 49.9 Å². The number of carbonyl (C=O) groups is 2. The number of carbonyl (C=O) groups excluding carboxylic acids is 2. The number of nitrogens with one attached hydrogen (secondary N) is 1. The van der Waals surface area contributed by atoms with E-state index in [-0.39, 0.29) is 35.9 Å². The molecule has 0 spiro atoms. The molecule has 1 N–H and O–H groups in total. The van der Waals surface area contributed by atoms with Crippen molar-refractivity contribution in [1.82, 2.24) is 14.5 Å². The van der Waals surface area contributed by atoms with E-state index in [1.54, 1.807) is 34.9 Å². The first-order valence-electron chi connectivity index (χ1n) is 11.7. The molecule has 2 amide bonds. The zero-order valence-electron chi connectivity index (χ0n) is 19.2. The van der Waals surface area contributed by atoms with Gasteiger partial charge in [-0.1, -0.05) is 6.07 Å². The summed E-state index contributed by atoms with van der Waals surface area (Å²) in [7, 11) is 0. The summed E-state index contributed by atoms with van der Waals surface area (Å²) in [5, 5.41) is 12.8. The highest BCUT2D eigenvalue weighted by molar-refractivity contribution is 5.95. The summed E-state index contributed by atoms with van der Waals surface area (Å²) in [5.41, 5.74) is 1.11. The smallest absolute Gasteiger partial charge is 0.415 e. The van der Waals surface area contributed by atoms with Crippen molar-refractivity contribution in [2.75, 3.05) is 43.0 Å². The van der Waals surface area contributed by atoms with Crippen molar-refractivity contribution in [1.29, 1.82) is 5.26 Å². The number of nitriles is 1. The van der Waals surface area contributed by atoms with Gasteiger partial charge in [0.2, 0.25) is 0 Å². The maximum Gasteiger partial charge on any atom is 0.415 e. The van der Waals surface area contributed by atoms with Crippen molar-refractivity contribution >= 4 is 34.5 Å². The molecule has 1 aromatic carbocycles. The Hall–Kier alpha value is -4.43. The molecule has 2 saturated heterocycles. The minimum absolute atomic E-state index is 0.0657. The Balaban J connectivity index is 1.16. The molecular weight excluding hydrogens is 464 g/mol. The number of benzene rings is 1. The van der Waals surface area contributed by atoms with Gasteiger partial charge in [0.05, 0.1) is 17.1 Å². The molecule has 182 valence electrons. The summed E-state index contributed by atoms with van der Waals surface area (Å²) in [5.74, 6) is 0.901. The summed E-state index contributed by atoms with van der Waals surface area (Å²) < 4.78 is 12.8. The largest absolute Gasteiger partial charge is 0.480 e. The third-order valence-electron chi connectivity index (χ3n) is 6.84. The molecule has 2 aromatic heterocycles. The van der Waals surface area contributed by atoms with Gasteiger partial charge in [-0.2, -0.15) is 5.26 Å². The fraction of sp³-hybridized carbons (Fsp3) is 0.320. The molecule has 0 unspecified atom stereocenters. The van der Waals surface area contributed by atoms with Gasteiger partial charge in [-0.3, -0.25) is 19.4 Å². The molecule has 11 heteroatoms. The molecule has 2 atom stereocenters. The van der Waals surface area contributed by atoms with E-state index in [0.717, 1.165) is 10.9 Å². The molecule has 5 heterocycles. The van der Waals surface area contributed by atoms with E-state index in [1.165, 1.54) is 11.0 Å². The molecule has 6 rings (SSSR count). The monoisotopic (exact) mass is 486 g/mol. The molecule has 3 aliphatic rings. The van der Waals surface area contributed by atoms with Crippen LogP contribution in [0.25, 0.3) is 10.9 Å². The van der Waals surface area contributed by atoms with Crippen molar-refractivity contribution in [3.63, 3.8) is 0 Å². The quantitative estimate of drug-likeness (QED) is 0.588. The fourth-order valence-corrected chi connectivity index (χ4v) is 5.04. The number of fused-ring (bicyclic) bond motifs is 3. The van der Waals surface area contributed by atoms with Crippen LogP contribution < -0.4 is 20.5 Å². The molecule has 0 aliphatic carbocycles. The minimum atomic E-state index is -0.483. The third kappa shape index (κ3) is 3.91. The average Bonchev–Trinajstić information content (AvgIpc) is 3.28. The van der Waals surface area contributed by atoms with Gasteiger partial charge >= 0.3 is 6.09 Å². The zero-order chi connectivity index (χ0) is 24.8. The Labute approximate surface area is 205 Å². The molecular formula is C25H22N6O5. The van der Waals surface area contributed by atoms with Crippen LogP contribution in [-0.2, 0) is 16.1 Å². The number of anilines is 2. The van der Waals surface area contributed by atoms with Gasteiger partial charge in [-0.15, -0.1) is 0 Å². The number of pyridine rings is 2. The third-order valence-corrected chi connectivity index (χ3v) is 6.84. The molecule has 0 saturated carbocycles. The molecule has 0 bridgehead atoms. The van der Waals surface area contributed by atoms with Crippen LogP contribution in [0.2, 0.25) is 0 Å². The van der Waals surface area contributed by atoms with Gasteiger partial charge in [0, 0.05) is 44.7 Å². The Morgan fingerprint density at radius 2 is 1.92 bits per heavy atom. The molecule has 11 nitrogen and oxygen atoms in total. The van der Waals surface area contributed by atoms with Crippen LogP contribution in [-0.4, -0.2) is 65.3 Å². The fourth-order valence-electron chi connectivity index (χ4n) is 5.04. The number of hydrogen-bond acceptors (Lipinski definition) is 8. The van der Waals surface area contributed by atoms with Crippen molar-refractivity contribution in [2.45, 2.75) is 12.6 Å². The maximum atomic E-state index is 12.8. The average molecular weight is 486 g/mol. The Bertz CT molecular complexity index is 1490. The number of nitrogens with zero attached hydrogens (tertiary/aromatic N) is 5. The van der Waals surface area contributed by atoms with E-state index in [4.69, 9.17) is 9.47 Å². The van der Waals surface area contributed by atoms with E-state index < -0.39 is 6.09 Å². The van der Waals surface area contributed by atoms with Gasteiger partial charge in [-0.25, -0.2) is 9.78 Å². The second kappa shape index (κ2) is 8.66. The number of amides is 2. The van der Waals surface area contributed by atoms with Crippen LogP contribution in [0.15, 0.2) is 47.3 Å². The number of rotatable bonds is 4. The first kappa shape index (κ1) is 22.1. The molecule has 3 aromatic rings. The number of hydrogen-bond donors (Lipinski definition) is 1.